The minimum Gasteiger partial charge on any atom is -0.206 e. The molecule has 0 aromatic heterocycles. The van der Waals surface area contributed by atoms with Gasteiger partial charge in [0.2, 0.25) is 0 Å². The summed E-state index contributed by atoms with van der Waals surface area (Å²) in [7, 11) is 0. The van der Waals surface area contributed by atoms with Crippen molar-refractivity contribution >= 4 is 27.5 Å². The Balaban J connectivity index is 1.93. The smallest absolute Gasteiger partial charge is 0.137 e. The average Bonchev–Trinajstić information content (AvgIpc) is 2.49. The lowest BCUT2D eigenvalue weighted by Gasteiger charge is -2.18. The predicted molar refractivity (Wildman–Crippen MR) is 84.9 cm³/mol. The van der Waals surface area contributed by atoms with Crippen molar-refractivity contribution in [3.8, 4) is 0 Å². The van der Waals surface area contributed by atoms with Crippen LogP contribution in [0.4, 0.5) is 4.39 Å². The minimum atomic E-state index is -0.261. The summed E-state index contributed by atoms with van der Waals surface area (Å²) in [6.45, 7) is 0. The van der Waals surface area contributed by atoms with E-state index in [-0.39, 0.29) is 11.2 Å². The Hall–Kier alpha value is -0.860. The highest BCUT2D eigenvalue weighted by molar-refractivity contribution is 9.10. The van der Waals surface area contributed by atoms with Crippen LogP contribution in [0.25, 0.3) is 0 Å². The van der Waals surface area contributed by atoms with Crippen molar-refractivity contribution in [1.82, 2.24) is 0 Å². The molecule has 104 valence electrons. The number of hydrogen-bond donors (Lipinski definition) is 0. The lowest BCUT2D eigenvalue weighted by atomic mass is 9.89. The van der Waals surface area contributed by atoms with Gasteiger partial charge in [0.05, 0.1) is 9.85 Å². The van der Waals surface area contributed by atoms with Gasteiger partial charge < -0.3 is 0 Å². The van der Waals surface area contributed by atoms with E-state index in [1.165, 1.54) is 36.5 Å². The van der Waals surface area contributed by atoms with Crippen LogP contribution in [0.5, 0.6) is 0 Å². The maximum absolute atomic E-state index is 13.3. The van der Waals surface area contributed by atoms with Crippen LogP contribution in [0.15, 0.2) is 40.9 Å². The molecular formula is C17H15BrClF. The molecule has 20 heavy (non-hydrogen) atoms. The van der Waals surface area contributed by atoms with E-state index in [1.54, 1.807) is 12.1 Å². The van der Waals surface area contributed by atoms with E-state index in [9.17, 15) is 4.39 Å². The zero-order valence-electron chi connectivity index (χ0n) is 11.0. The molecule has 1 aliphatic carbocycles. The molecule has 0 nitrogen and oxygen atoms in total. The molecule has 0 radical (unpaired) electrons. The van der Waals surface area contributed by atoms with Crippen molar-refractivity contribution in [3.05, 3.63) is 68.9 Å². The minimum absolute atomic E-state index is 0.237. The Morgan fingerprint density at radius 1 is 0.950 bits per heavy atom. The third-order valence-electron chi connectivity index (χ3n) is 3.90. The van der Waals surface area contributed by atoms with Crippen LogP contribution >= 0.6 is 27.5 Å². The molecule has 1 atom stereocenters. The molecule has 0 saturated heterocycles. The topological polar surface area (TPSA) is 0 Å². The Morgan fingerprint density at radius 3 is 2.35 bits per heavy atom. The number of fused-ring (bicyclic) bond motifs is 1. The Kier molecular flexibility index (Phi) is 4.13. The molecule has 1 aliphatic rings. The third-order valence-corrected chi connectivity index (χ3v) is 5.01. The molecule has 3 heteroatoms. The second-order valence-electron chi connectivity index (χ2n) is 5.27. The second-order valence-corrected chi connectivity index (χ2v) is 6.56. The first kappa shape index (κ1) is 14.1. The Labute approximate surface area is 132 Å². The summed E-state index contributed by atoms with van der Waals surface area (Å²) in [5, 5.41) is -0.237. The summed E-state index contributed by atoms with van der Waals surface area (Å²) < 4.78 is 13.8. The van der Waals surface area contributed by atoms with Crippen LogP contribution in [-0.2, 0) is 12.8 Å². The van der Waals surface area contributed by atoms with E-state index in [1.807, 2.05) is 0 Å². The molecule has 0 heterocycles. The lowest BCUT2D eigenvalue weighted by molar-refractivity contribution is 0.620. The fraction of sp³-hybridized carbons (Fsp3) is 0.294. The first-order chi connectivity index (χ1) is 9.65. The Morgan fingerprint density at radius 2 is 1.60 bits per heavy atom. The number of rotatable bonds is 2. The number of aryl methyl sites for hydroxylation is 2. The number of benzene rings is 2. The van der Waals surface area contributed by atoms with Gasteiger partial charge in [-0.2, -0.15) is 0 Å². The fourth-order valence-corrected chi connectivity index (χ4v) is 3.44. The molecule has 0 bridgehead atoms. The largest absolute Gasteiger partial charge is 0.206 e. The summed E-state index contributed by atoms with van der Waals surface area (Å²) in [6.07, 6.45) is 4.84. The summed E-state index contributed by atoms with van der Waals surface area (Å²) in [4.78, 5) is 0. The van der Waals surface area contributed by atoms with Gasteiger partial charge in [0.25, 0.3) is 0 Å². The summed E-state index contributed by atoms with van der Waals surface area (Å²) in [6, 6.07) is 11.5. The Bertz CT molecular complexity index is 639. The van der Waals surface area contributed by atoms with Gasteiger partial charge in [-0.15, -0.1) is 11.6 Å². The maximum Gasteiger partial charge on any atom is 0.137 e. The first-order valence-corrected chi connectivity index (χ1v) is 8.09. The van der Waals surface area contributed by atoms with Crippen LogP contribution in [0.2, 0.25) is 0 Å². The normalized spacial score (nSPS) is 15.8. The standard InChI is InChI=1S/C17H15BrClF/c18-15-10-14(7-8-16(15)20)17(19)13-6-5-11-3-1-2-4-12(11)9-13/h5-10,17H,1-4H2. The SMILES string of the molecule is Fc1ccc(C(Cl)c2ccc3c(c2)CCCC3)cc1Br. The highest BCUT2D eigenvalue weighted by atomic mass is 79.9. The van der Waals surface area contributed by atoms with Crippen molar-refractivity contribution in [2.24, 2.45) is 0 Å². The van der Waals surface area contributed by atoms with Gasteiger partial charge in [-0.25, -0.2) is 4.39 Å². The van der Waals surface area contributed by atoms with E-state index in [0.717, 1.165) is 17.5 Å². The molecule has 0 N–H and O–H groups in total. The molecule has 0 amide bonds. The van der Waals surface area contributed by atoms with Crippen molar-refractivity contribution in [2.75, 3.05) is 0 Å². The van der Waals surface area contributed by atoms with Crippen molar-refractivity contribution in [3.63, 3.8) is 0 Å². The van der Waals surface area contributed by atoms with Crippen LogP contribution in [0.1, 0.15) is 40.5 Å². The van der Waals surface area contributed by atoms with E-state index < -0.39 is 0 Å². The molecule has 2 aromatic rings. The molecule has 0 saturated carbocycles. The van der Waals surface area contributed by atoms with Gasteiger partial charge in [-0.1, -0.05) is 24.3 Å². The van der Waals surface area contributed by atoms with Crippen LogP contribution in [-0.4, -0.2) is 0 Å². The molecule has 0 spiro atoms. The summed E-state index contributed by atoms with van der Waals surface area (Å²) in [5.41, 5.74) is 4.87. The molecule has 2 aromatic carbocycles. The van der Waals surface area contributed by atoms with Crippen LogP contribution < -0.4 is 0 Å². The van der Waals surface area contributed by atoms with Crippen molar-refractivity contribution in [2.45, 2.75) is 31.1 Å². The number of halogens is 3. The molecular weight excluding hydrogens is 339 g/mol. The monoisotopic (exact) mass is 352 g/mol. The van der Waals surface area contributed by atoms with Gasteiger partial charge in [-0.05, 0) is 76.0 Å². The lowest BCUT2D eigenvalue weighted by Crippen LogP contribution is -2.04. The first-order valence-electron chi connectivity index (χ1n) is 6.86. The van der Waals surface area contributed by atoms with Gasteiger partial charge in [-0.3, -0.25) is 0 Å². The van der Waals surface area contributed by atoms with Gasteiger partial charge in [0, 0.05) is 0 Å². The van der Waals surface area contributed by atoms with E-state index in [2.05, 4.69) is 34.1 Å². The van der Waals surface area contributed by atoms with E-state index in [4.69, 9.17) is 11.6 Å². The molecule has 0 fully saturated rings. The molecule has 0 aliphatic heterocycles. The van der Waals surface area contributed by atoms with E-state index >= 15 is 0 Å². The van der Waals surface area contributed by atoms with Crippen molar-refractivity contribution < 1.29 is 4.39 Å². The average molecular weight is 354 g/mol. The fourth-order valence-electron chi connectivity index (χ4n) is 2.77. The quantitative estimate of drug-likeness (QED) is 0.599. The van der Waals surface area contributed by atoms with Crippen molar-refractivity contribution in [1.29, 1.82) is 0 Å². The van der Waals surface area contributed by atoms with E-state index in [0.29, 0.717) is 4.47 Å². The molecule has 1 unspecified atom stereocenters. The van der Waals surface area contributed by atoms with Crippen LogP contribution in [0.3, 0.4) is 0 Å². The predicted octanol–water partition coefficient (Wildman–Crippen LogP) is 5.80. The van der Waals surface area contributed by atoms with Crippen LogP contribution in [0, 0.1) is 5.82 Å². The highest BCUT2D eigenvalue weighted by Crippen LogP contribution is 2.33. The number of hydrogen-bond acceptors (Lipinski definition) is 0. The summed E-state index contributed by atoms with van der Waals surface area (Å²) in [5.74, 6) is -0.261. The maximum atomic E-state index is 13.3. The van der Waals surface area contributed by atoms with Gasteiger partial charge in [0.1, 0.15) is 5.82 Å². The zero-order chi connectivity index (χ0) is 14.1. The second kappa shape index (κ2) is 5.87. The zero-order valence-corrected chi connectivity index (χ0v) is 13.3. The highest BCUT2D eigenvalue weighted by Gasteiger charge is 2.16. The van der Waals surface area contributed by atoms with Gasteiger partial charge >= 0.3 is 0 Å². The van der Waals surface area contributed by atoms with Gasteiger partial charge in [0.15, 0.2) is 0 Å². The number of alkyl halides is 1. The summed E-state index contributed by atoms with van der Waals surface area (Å²) >= 11 is 9.77. The third kappa shape index (κ3) is 2.77. The molecule has 3 rings (SSSR count).